The topological polar surface area (TPSA) is 0 Å². The molecule has 0 aliphatic rings. The number of rotatable bonds is 5. The summed E-state index contributed by atoms with van der Waals surface area (Å²) in [4.78, 5) is 0. The SMILES string of the molecule is CC(C)c1cc2c(-c3ccccc3)cccc2[cH-]1.CCCc1ccc(-c2ccccc2)c2cc(C)[cH-]c12.[CH3-].[CH3-].[Si]=[Zr]. The second-order valence-electron chi connectivity index (χ2n) is 10.4. The van der Waals surface area contributed by atoms with Crippen molar-refractivity contribution in [2.45, 2.75) is 46.5 Å². The fourth-order valence-corrected chi connectivity index (χ4v) is 5.32. The summed E-state index contributed by atoms with van der Waals surface area (Å²) in [5, 5.41) is 5.54. The van der Waals surface area contributed by atoms with Gasteiger partial charge in [0.1, 0.15) is 0 Å². The van der Waals surface area contributed by atoms with Gasteiger partial charge in [-0.15, -0.1) is 68.6 Å². The van der Waals surface area contributed by atoms with E-state index in [1.54, 1.807) is 0 Å². The van der Waals surface area contributed by atoms with Crippen LogP contribution in [0.4, 0.5) is 0 Å². The molecule has 2 radical (unpaired) electrons. The van der Waals surface area contributed by atoms with E-state index in [9.17, 15) is 0 Å². The molecule has 0 N–H and O–H groups in total. The third kappa shape index (κ3) is 8.15. The summed E-state index contributed by atoms with van der Waals surface area (Å²) in [7, 11) is 0. The van der Waals surface area contributed by atoms with Gasteiger partial charge in [0.05, 0.1) is 0 Å². The van der Waals surface area contributed by atoms with Crippen LogP contribution in [0.3, 0.4) is 0 Å². The maximum atomic E-state index is 3.06. The Bertz CT molecular complexity index is 1620. The summed E-state index contributed by atoms with van der Waals surface area (Å²) in [5.41, 5.74) is 9.54. The van der Waals surface area contributed by atoms with Gasteiger partial charge in [0.2, 0.25) is 0 Å². The molecule has 0 nitrogen and oxygen atoms in total. The van der Waals surface area contributed by atoms with Crippen molar-refractivity contribution in [1.82, 2.24) is 0 Å². The van der Waals surface area contributed by atoms with Crippen LogP contribution in [0.2, 0.25) is 0 Å². The van der Waals surface area contributed by atoms with Gasteiger partial charge in [0, 0.05) is 0 Å². The van der Waals surface area contributed by atoms with Gasteiger partial charge < -0.3 is 14.9 Å². The molecule has 6 aromatic rings. The van der Waals surface area contributed by atoms with E-state index in [-0.39, 0.29) is 14.9 Å². The maximum absolute atomic E-state index is 3.06. The van der Waals surface area contributed by atoms with E-state index < -0.39 is 0 Å². The van der Waals surface area contributed by atoms with Crippen LogP contribution in [-0.2, 0) is 29.8 Å². The monoisotopic (exact) mass is 628 g/mol. The molecule has 210 valence electrons. The zero-order chi connectivity index (χ0) is 27.8. The summed E-state index contributed by atoms with van der Waals surface area (Å²) in [5.74, 6) is 0.584. The van der Waals surface area contributed by atoms with Crippen molar-refractivity contribution in [3.8, 4) is 22.3 Å². The normalized spacial score (nSPS) is 10.1. The van der Waals surface area contributed by atoms with Crippen molar-refractivity contribution in [1.29, 1.82) is 0 Å². The molecule has 0 saturated heterocycles. The van der Waals surface area contributed by atoms with Crippen LogP contribution >= 0.6 is 0 Å². The Morgan fingerprint density at radius 1 is 0.683 bits per heavy atom. The Labute approximate surface area is 265 Å². The van der Waals surface area contributed by atoms with E-state index in [0.717, 1.165) is 6.42 Å². The molecule has 0 aromatic heterocycles. The molecule has 0 spiro atoms. The van der Waals surface area contributed by atoms with Gasteiger partial charge >= 0.3 is 30.2 Å². The predicted octanol–water partition coefficient (Wildman–Crippen LogP) is 11.4. The minimum atomic E-state index is 0. The molecule has 0 saturated carbocycles. The van der Waals surface area contributed by atoms with Crippen LogP contribution < -0.4 is 0 Å². The van der Waals surface area contributed by atoms with Gasteiger partial charge in [-0.1, -0.05) is 124 Å². The van der Waals surface area contributed by atoms with Crippen LogP contribution in [0.1, 0.15) is 49.8 Å². The number of hydrogen-bond acceptors (Lipinski definition) is 0. The number of benzene rings is 4. The standard InChI is InChI=1S/C19H19.C18H17.2CH3.Si.Zr/c1-3-7-15-10-11-17(16-8-5-4-6-9-16)19-13-14(2)12-18(15)19;1-13(2)16-11-15-9-6-10-17(18(15)12-16)14-7-4-3-5-8-14;;;;/h4-6,8-13H,3,7H2,1-2H3;3-13H,1-2H3;2*1H3;;/q4*-1;;. The Morgan fingerprint density at radius 3 is 1.83 bits per heavy atom. The van der Waals surface area contributed by atoms with Crippen molar-refractivity contribution < 1.29 is 23.3 Å². The summed E-state index contributed by atoms with van der Waals surface area (Å²) >= 11 is 1.36. The number of hydrogen-bond donors (Lipinski definition) is 0. The van der Waals surface area contributed by atoms with Crippen molar-refractivity contribution in [3.05, 3.63) is 147 Å². The second kappa shape index (κ2) is 16.6. The molecule has 0 aliphatic carbocycles. The van der Waals surface area contributed by atoms with Crippen LogP contribution in [-0.4, -0.2) is 6.88 Å². The Hall–Kier alpha value is -2.80. The summed E-state index contributed by atoms with van der Waals surface area (Å²) < 4.78 is 0. The first-order valence-electron chi connectivity index (χ1n) is 13.8. The first kappa shape index (κ1) is 34.4. The first-order chi connectivity index (χ1) is 19.0. The Morgan fingerprint density at radius 2 is 1.27 bits per heavy atom. The molecule has 0 aliphatic heterocycles. The van der Waals surface area contributed by atoms with E-state index in [2.05, 4.69) is 150 Å². The molecule has 2 heteroatoms. The zero-order valence-corrected chi connectivity index (χ0v) is 28.9. The molecule has 0 bridgehead atoms. The van der Waals surface area contributed by atoms with Crippen LogP contribution in [0, 0.1) is 21.8 Å². The van der Waals surface area contributed by atoms with Crippen molar-refractivity contribution >= 4 is 28.4 Å². The molecular weight excluding hydrogens is 588 g/mol. The second-order valence-corrected chi connectivity index (χ2v) is 10.4. The molecule has 0 heterocycles. The van der Waals surface area contributed by atoms with E-state index in [1.807, 2.05) is 0 Å². The Balaban J connectivity index is 0.000000259. The summed E-state index contributed by atoms with van der Waals surface area (Å²) in [6.07, 6.45) is 2.36. The Kier molecular flexibility index (Phi) is 13.9. The molecule has 6 rings (SSSR count). The van der Waals surface area contributed by atoms with Gasteiger partial charge in [0.15, 0.2) is 0 Å². The molecule has 0 fully saturated rings. The van der Waals surface area contributed by atoms with Crippen LogP contribution in [0.5, 0.6) is 0 Å². The van der Waals surface area contributed by atoms with Crippen molar-refractivity contribution in [2.24, 2.45) is 0 Å². The molecule has 6 aromatic carbocycles. The van der Waals surface area contributed by atoms with E-state index in [4.69, 9.17) is 0 Å². The quantitative estimate of drug-likeness (QED) is 0.131. The van der Waals surface area contributed by atoms with E-state index >= 15 is 0 Å². The number of aryl methyl sites for hydroxylation is 2. The van der Waals surface area contributed by atoms with E-state index in [1.165, 1.54) is 90.2 Å². The molecule has 0 amide bonds. The fourth-order valence-electron chi connectivity index (χ4n) is 5.32. The van der Waals surface area contributed by atoms with Gasteiger partial charge in [0.25, 0.3) is 0 Å². The van der Waals surface area contributed by atoms with Crippen molar-refractivity contribution in [2.75, 3.05) is 0 Å². The van der Waals surface area contributed by atoms with Gasteiger partial charge in [-0.3, -0.25) is 0 Å². The predicted molar refractivity (Wildman–Crippen MR) is 181 cm³/mol. The average molecular weight is 630 g/mol. The minimum absolute atomic E-state index is 0. The first-order valence-corrected chi connectivity index (χ1v) is 18.0. The van der Waals surface area contributed by atoms with Crippen molar-refractivity contribution in [3.63, 3.8) is 0 Å². The molecule has 0 unspecified atom stereocenters. The van der Waals surface area contributed by atoms with Gasteiger partial charge in [-0.2, -0.15) is 12.1 Å². The zero-order valence-electron chi connectivity index (χ0n) is 25.5. The summed E-state index contributed by atoms with van der Waals surface area (Å²) in [6, 6.07) is 41.7. The third-order valence-corrected chi connectivity index (χ3v) is 7.25. The van der Waals surface area contributed by atoms with Gasteiger partial charge in [-0.05, 0) is 17.0 Å². The fraction of sp³-hybridized carbons (Fsp3) is 0.179. The molecule has 41 heavy (non-hydrogen) atoms. The van der Waals surface area contributed by atoms with Gasteiger partial charge in [-0.25, -0.2) is 0 Å². The summed E-state index contributed by atoms with van der Waals surface area (Å²) in [6.45, 7) is 12.0. The number of fused-ring (bicyclic) bond motifs is 2. The van der Waals surface area contributed by atoms with E-state index in [0.29, 0.717) is 5.92 Å². The van der Waals surface area contributed by atoms with Crippen LogP contribution in [0.25, 0.3) is 43.8 Å². The average Bonchev–Trinajstić information content (AvgIpc) is 3.60. The molecular formula is C39H42SiZr-4. The molecule has 0 atom stereocenters. The van der Waals surface area contributed by atoms with Crippen LogP contribution in [0.15, 0.2) is 115 Å². The third-order valence-electron chi connectivity index (χ3n) is 7.25.